The van der Waals surface area contributed by atoms with Gasteiger partial charge in [0.25, 0.3) is 5.91 Å². The standard InChI is InChI=1S/C18H12F2N2O2S.C2H6/c1-10-7-12(9-23)25-17(10)11-5-6-15(21-8-11)22-18(24)16-13(19)3-2-4-14(16)20;1-2/h2-9H,1H3,(H,21,22,24);1-2H3. The van der Waals surface area contributed by atoms with Gasteiger partial charge in [-0.2, -0.15) is 0 Å². The van der Waals surface area contributed by atoms with Crippen LogP contribution in [-0.2, 0) is 0 Å². The number of carbonyl (C=O) groups is 2. The lowest BCUT2D eigenvalue weighted by atomic mass is 10.1. The Hall–Kier alpha value is -2.93. The molecule has 0 saturated heterocycles. The summed E-state index contributed by atoms with van der Waals surface area (Å²) in [6.45, 7) is 5.88. The molecule has 2 heterocycles. The van der Waals surface area contributed by atoms with E-state index in [4.69, 9.17) is 0 Å². The number of aldehydes is 1. The molecule has 0 aliphatic rings. The molecule has 3 rings (SSSR count). The third-order valence-electron chi connectivity index (χ3n) is 3.51. The Labute approximate surface area is 159 Å². The third kappa shape index (κ3) is 4.62. The van der Waals surface area contributed by atoms with Crippen molar-refractivity contribution in [3.05, 3.63) is 70.2 Å². The first-order valence-corrected chi connectivity index (χ1v) is 9.08. The molecule has 0 saturated carbocycles. The summed E-state index contributed by atoms with van der Waals surface area (Å²) in [4.78, 5) is 28.5. The van der Waals surface area contributed by atoms with E-state index in [0.717, 1.165) is 34.4 Å². The Bertz CT molecular complexity index is 933. The number of hydrogen-bond acceptors (Lipinski definition) is 4. The van der Waals surface area contributed by atoms with Gasteiger partial charge in [-0.15, -0.1) is 11.3 Å². The van der Waals surface area contributed by atoms with E-state index in [1.54, 1.807) is 12.1 Å². The Morgan fingerprint density at radius 3 is 2.33 bits per heavy atom. The lowest BCUT2D eigenvalue weighted by Gasteiger charge is -2.07. The number of carbonyl (C=O) groups excluding carboxylic acids is 2. The summed E-state index contributed by atoms with van der Waals surface area (Å²) in [5.74, 6) is -2.62. The van der Waals surface area contributed by atoms with Crippen molar-refractivity contribution in [3.63, 3.8) is 0 Å². The Balaban J connectivity index is 0.00000126. The molecular weight excluding hydrogens is 370 g/mol. The summed E-state index contributed by atoms with van der Waals surface area (Å²) in [5.41, 5.74) is 1.07. The predicted molar refractivity (Wildman–Crippen MR) is 103 cm³/mol. The van der Waals surface area contributed by atoms with Crippen LogP contribution in [0, 0.1) is 18.6 Å². The van der Waals surface area contributed by atoms with Crippen molar-refractivity contribution in [2.24, 2.45) is 0 Å². The zero-order valence-electron chi connectivity index (χ0n) is 15.0. The van der Waals surface area contributed by atoms with Gasteiger partial charge >= 0.3 is 0 Å². The van der Waals surface area contributed by atoms with Crippen molar-refractivity contribution >= 4 is 29.3 Å². The molecule has 140 valence electrons. The van der Waals surface area contributed by atoms with Crippen molar-refractivity contribution in [3.8, 4) is 10.4 Å². The van der Waals surface area contributed by atoms with Gasteiger partial charge in [0, 0.05) is 16.6 Å². The van der Waals surface area contributed by atoms with E-state index < -0.39 is 23.1 Å². The molecule has 0 radical (unpaired) electrons. The first-order valence-electron chi connectivity index (χ1n) is 8.27. The van der Waals surface area contributed by atoms with Crippen LogP contribution in [0.2, 0.25) is 0 Å². The molecule has 0 fully saturated rings. The fraction of sp³-hybridized carbons (Fsp3) is 0.150. The van der Waals surface area contributed by atoms with E-state index in [1.807, 2.05) is 20.8 Å². The molecule has 4 nitrogen and oxygen atoms in total. The van der Waals surface area contributed by atoms with E-state index in [9.17, 15) is 18.4 Å². The number of thiophene rings is 1. The largest absolute Gasteiger partial charge is 0.306 e. The average Bonchev–Trinajstić information content (AvgIpc) is 3.05. The topological polar surface area (TPSA) is 59.1 Å². The summed E-state index contributed by atoms with van der Waals surface area (Å²) in [5, 5.41) is 2.37. The third-order valence-corrected chi connectivity index (χ3v) is 4.72. The molecule has 1 N–H and O–H groups in total. The van der Waals surface area contributed by atoms with E-state index in [-0.39, 0.29) is 5.82 Å². The lowest BCUT2D eigenvalue weighted by Crippen LogP contribution is -2.16. The van der Waals surface area contributed by atoms with Gasteiger partial charge in [0.15, 0.2) is 6.29 Å². The summed E-state index contributed by atoms with van der Waals surface area (Å²) in [6, 6.07) is 8.24. The minimum Gasteiger partial charge on any atom is -0.306 e. The second-order valence-electron chi connectivity index (χ2n) is 5.26. The number of amides is 1. The van der Waals surface area contributed by atoms with E-state index >= 15 is 0 Å². The maximum atomic E-state index is 13.6. The van der Waals surface area contributed by atoms with E-state index in [1.165, 1.54) is 29.7 Å². The number of benzene rings is 1. The normalized spacial score (nSPS) is 9.96. The number of rotatable bonds is 4. The zero-order chi connectivity index (χ0) is 20.0. The summed E-state index contributed by atoms with van der Waals surface area (Å²) < 4.78 is 27.2. The van der Waals surface area contributed by atoms with Gasteiger partial charge in [-0.3, -0.25) is 9.59 Å². The monoisotopic (exact) mass is 388 g/mol. The molecule has 3 aromatic rings. The van der Waals surface area contributed by atoms with Gasteiger partial charge in [-0.25, -0.2) is 13.8 Å². The summed E-state index contributed by atoms with van der Waals surface area (Å²) in [7, 11) is 0. The fourth-order valence-electron chi connectivity index (χ4n) is 2.35. The molecule has 0 spiro atoms. The molecule has 0 atom stereocenters. The SMILES string of the molecule is CC.Cc1cc(C=O)sc1-c1ccc(NC(=O)c2c(F)cccc2F)nc1. The van der Waals surface area contributed by atoms with Gasteiger partial charge < -0.3 is 5.32 Å². The number of aryl methyl sites for hydroxylation is 1. The Morgan fingerprint density at radius 1 is 1.15 bits per heavy atom. The highest BCUT2D eigenvalue weighted by molar-refractivity contribution is 7.17. The quantitative estimate of drug-likeness (QED) is 0.602. The van der Waals surface area contributed by atoms with Crippen LogP contribution in [0.25, 0.3) is 10.4 Å². The molecule has 1 amide bonds. The molecule has 0 bridgehead atoms. The summed E-state index contributed by atoms with van der Waals surface area (Å²) in [6.07, 6.45) is 2.31. The van der Waals surface area contributed by atoms with Crippen molar-refractivity contribution in [2.75, 3.05) is 5.32 Å². The van der Waals surface area contributed by atoms with Crippen LogP contribution in [0.4, 0.5) is 14.6 Å². The summed E-state index contributed by atoms with van der Waals surface area (Å²) >= 11 is 1.34. The van der Waals surface area contributed by atoms with Crippen molar-refractivity contribution in [2.45, 2.75) is 20.8 Å². The molecule has 27 heavy (non-hydrogen) atoms. The maximum Gasteiger partial charge on any atom is 0.262 e. The number of anilines is 1. The molecule has 0 aliphatic carbocycles. The second-order valence-corrected chi connectivity index (χ2v) is 6.35. The van der Waals surface area contributed by atoms with Gasteiger partial charge in [-0.1, -0.05) is 19.9 Å². The van der Waals surface area contributed by atoms with Crippen molar-refractivity contribution in [1.82, 2.24) is 4.98 Å². The number of hydrogen-bond donors (Lipinski definition) is 1. The number of nitrogens with zero attached hydrogens (tertiary/aromatic N) is 1. The van der Waals surface area contributed by atoms with Gasteiger partial charge in [0.1, 0.15) is 23.0 Å². The second kappa shape index (κ2) is 9.14. The molecule has 2 aromatic heterocycles. The van der Waals surface area contributed by atoms with Crippen LogP contribution in [0.5, 0.6) is 0 Å². The number of nitrogens with one attached hydrogen (secondary N) is 1. The number of pyridine rings is 1. The number of halogens is 2. The Kier molecular flexibility index (Phi) is 6.90. The predicted octanol–water partition coefficient (Wildman–Crippen LogP) is 5.49. The highest BCUT2D eigenvalue weighted by Crippen LogP contribution is 2.31. The smallest absolute Gasteiger partial charge is 0.262 e. The molecule has 7 heteroatoms. The van der Waals surface area contributed by atoms with Crippen molar-refractivity contribution in [1.29, 1.82) is 0 Å². The van der Waals surface area contributed by atoms with Crippen molar-refractivity contribution < 1.29 is 18.4 Å². The Morgan fingerprint density at radius 2 is 1.81 bits per heavy atom. The van der Waals surface area contributed by atoms with Crippen LogP contribution in [0.15, 0.2) is 42.6 Å². The molecule has 0 aliphatic heterocycles. The molecule has 1 aromatic carbocycles. The van der Waals surface area contributed by atoms with Gasteiger partial charge in [0.05, 0.1) is 4.88 Å². The maximum absolute atomic E-state index is 13.6. The highest BCUT2D eigenvalue weighted by Gasteiger charge is 2.17. The zero-order valence-corrected chi connectivity index (χ0v) is 15.9. The average molecular weight is 388 g/mol. The first kappa shape index (κ1) is 20.4. The van der Waals surface area contributed by atoms with Gasteiger partial charge in [0.2, 0.25) is 0 Å². The highest BCUT2D eigenvalue weighted by atomic mass is 32.1. The minimum absolute atomic E-state index is 0.168. The van der Waals surface area contributed by atoms with Crippen LogP contribution in [0.3, 0.4) is 0 Å². The first-order chi connectivity index (χ1) is 13.0. The number of aromatic nitrogens is 1. The van der Waals surface area contributed by atoms with E-state index in [0.29, 0.717) is 4.88 Å². The van der Waals surface area contributed by atoms with E-state index in [2.05, 4.69) is 10.3 Å². The van der Waals surface area contributed by atoms with Crippen LogP contribution < -0.4 is 5.32 Å². The minimum atomic E-state index is -0.940. The van der Waals surface area contributed by atoms with Crippen LogP contribution in [-0.4, -0.2) is 17.2 Å². The molecular formula is C20H18F2N2O2S. The van der Waals surface area contributed by atoms with Crippen LogP contribution >= 0.6 is 11.3 Å². The lowest BCUT2D eigenvalue weighted by molar-refractivity contribution is 0.101. The van der Waals surface area contributed by atoms with Crippen LogP contribution in [0.1, 0.15) is 39.4 Å². The van der Waals surface area contributed by atoms with Gasteiger partial charge in [-0.05, 0) is 42.8 Å². The molecule has 0 unspecified atom stereocenters. The fourth-order valence-corrected chi connectivity index (χ4v) is 3.33.